The number of piperidine rings is 1. The van der Waals surface area contributed by atoms with Crippen LogP contribution in [0.5, 0.6) is 0 Å². The lowest BCUT2D eigenvalue weighted by molar-refractivity contribution is 0.180. The van der Waals surface area contributed by atoms with Gasteiger partial charge in [0, 0.05) is 18.6 Å². The summed E-state index contributed by atoms with van der Waals surface area (Å²) in [7, 11) is 0. The molecule has 14 heavy (non-hydrogen) atoms. The van der Waals surface area contributed by atoms with Gasteiger partial charge in [0.2, 0.25) is 0 Å². The van der Waals surface area contributed by atoms with Crippen LogP contribution in [0, 0.1) is 5.92 Å². The smallest absolute Gasteiger partial charge is 0.0197 e. The van der Waals surface area contributed by atoms with Crippen molar-refractivity contribution in [3.63, 3.8) is 0 Å². The number of hydrogen-bond acceptors (Lipinski definition) is 2. The van der Waals surface area contributed by atoms with Gasteiger partial charge in [0.15, 0.2) is 0 Å². The molecule has 0 aromatic heterocycles. The van der Waals surface area contributed by atoms with Gasteiger partial charge in [-0.25, -0.2) is 0 Å². The van der Waals surface area contributed by atoms with Crippen molar-refractivity contribution in [2.24, 2.45) is 5.92 Å². The number of nitrogens with zero attached hydrogens (tertiary/aromatic N) is 1. The number of hydrogen-bond donors (Lipinski definition) is 1. The van der Waals surface area contributed by atoms with Crippen LogP contribution >= 0.6 is 0 Å². The number of rotatable bonds is 4. The minimum absolute atomic E-state index is 0.680. The van der Waals surface area contributed by atoms with Crippen LogP contribution in [0.15, 0.2) is 0 Å². The number of likely N-dealkylation sites (N-methyl/N-ethyl adjacent to an activating group) is 1. The van der Waals surface area contributed by atoms with Crippen LogP contribution in [-0.4, -0.2) is 36.6 Å². The maximum absolute atomic E-state index is 3.63. The molecule has 0 bridgehead atoms. The molecule has 1 saturated heterocycles. The van der Waals surface area contributed by atoms with Crippen molar-refractivity contribution >= 4 is 0 Å². The van der Waals surface area contributed by atoms with E-state index in [2.05, 4.69) is 37.9 Å². The fourth-order valence-electron chi connectivity index (χ4n) is 2.35. The van der Waals surface area contributed by atoms with E-state index in [1.807, 2.05) is 0 Å². The minimum Gasteiger partial charge on any atom is -0.313 e. The first kappa shape index (κ1) is 12.0. The van der Waals surface area contributed by atoms with Crippen molar-refractivity contribution in [3.8, 4) is 0 Å². The normalized spacial score (nSPS) is 28.7. The zero-order valence-corrected chi connectivity index (χ0v) is 10.2. The maximum atomic E-state index is 3.63. The van der Waals surface area contributed by atoms with Crippen LogP contribution in [-0.2, 0) is 0 Å². The second-order valence-corrected chi connectivity index (χ2v) is 4.96. The van der Waals surface area contributed by atoms with Crippen LogP contribution in [0.3, 0.4) is 0 Å². The molecule has 1 heterocycles. The van der Waals surface area contributed by atoms with Gasteiger partial charge in [0.25, 0.3) is 0 Å². The molecule has 2 heteroatoms. The summed E-state index contributed by atoms with van der Waals surface area (Å²) in [6, 6.07) is 1.40. The van der Waals surface area contributed by atoms with Crippen molar-refractivity contribution < 1.29 is 0 Å². The lowest BCUT2D eigenvalue weighted by Crippen LogP contribution is -2.47. The predicted octanol–water partition coefficient (Wildman–Crippen LogP) is 2.10. The Bertz CT molecular complexity index is 156. The van der Waals surface area contributed by atoms with Gasteiger partial charge < -0.3 is 5.32 Å². The van der Waals surface area contributed by atoms with Crippen molar-refractivity contribution in [3.05, 3.63) is 0 Å². The summed E-state index contributed by atoms with van der Waals surface area (Å²) in [5.41, 5.74) is 0. The van der Waals surface area contributed by atoms with Crippen LogP contribution in [0.4, 0.5) is 0 Å². The molecule has 84 valence electrons. The topological polar surface area (TPSA) is 15.3 Å². The van der Waals surface area contributed by atoms with Crippen molar-refractivity contribution in [1.29, 1.82) is 0 Å². The third-order valence-electron chi connectivity index (χ3n) is 3.35. The summed E-state index contributed by atoms with van der Waals surface area (Å²) in [5, 5.41) is 3.63. The third kappa shape index (κ3) is 3.58. The molecule has 1 N–H and O–H groups in total. The Morgan fingerprint density at radius 2 is 2.14 bits per heavy atom. The van der Waals surface area contributed by atoms with E-state index in [1.165, 1.54) is 32.5 Å². The zero-order chi connectivity index (χ0) is 10.6. The molecule has 0 spiro atoms. The highest BCUT2D eigenvalue weighted by Gasteiger charge is 2.20. The van der Waals surface area contributed by atoms with Gasteiger partial charge in [-0.15, -0.1) is 0 Å². The molecule has 0 radical (unpaired) electrons. The summed E-state index contributed by atoms with van der Waals surface area (Å²) in [6.45, 7) is 12.8. The Kier molecular flexibility index (Phi) is 4.90. The molecule has 0 saturated carbocycles. The fraction of sp³-hybridized carbons (Fsp3) is 1.00. The first-order chi connectivity index (χ1) is 6.63. The van der Waals surface area contributed by atoms with E-state index >= 15 is 0 Å². The SMILES string of the molecule is CCN(CC1CC(C)CCN1)C(C)C. The lowest BCUT2D eigenvalue weighted by atomic mass is 9.94. The van der Waals surface area contributed by atoms with Crippen LogP contribution in [0.25, 0.3) is 0 Å². The molecule has 2 unspecified atom stereocenters. The Morgan fingerprint density at radius 1 is 1.43 bits per heavy atom. The Hall–Kier alpha value is -0.0800. The van der Waals surface area contributed by atoms with E-state index in [0.717, 1.165) is 12.0 Å². The number of nitrogens with one attached hydrogen (secondary N) is 1. The van der Waals surface area contributed by atoms with E-state index in [1.54, 1.807) is 0 Å². The molecule has 0 aromatic carbocycles. The van der Waals surface area contributed by atoms with E-state index in [4.69, 9.17) is 0 Å². The zero-order valence-electron chi connectivity index (χ0n) is 10.2. The first-order valence-corrected chi connectivity index (χ1v) is 6.11. The molecule has 2 atom stereocenters. The van der Waals surface area contributed by atoms with Gasteiger partial charge in [-0.2, -0.15) is 0 Å². The molecular weight excluding hydrogens is 172 g/mol. The Labute approximate surface area is 89.1 Å². The van der Waals surface area contributed by atoms with Crippen LogP contribution in [0.2, 0.25) is 0 Å². The van der Waals surface area contributed by atoms with Gasteiger partial charge in [-0.3, -0.25) is 4.90 Å². The van der Waals surface area contributed by atoms with Gasteiger partial charge >= 0.3 is 0 Å². The molecule has 1 fully saturated rings. The highest BCUT2D eigenvalue weighted by atomic mass is 15.2. The average molecular weight is 198 g/mol. The van der Waals surface area contributed by atoms with Gasteiger partial charge in [-0.1, -0.05) is 13.8 Å². The van der Waals surface area contributed by atoms with E-state index in [-0.39, 0.29) is 0 Å². The molecule has 1 aliphatic rings. The van der Waals surface area contributed by atoms with Crippen LogP contribution in [0.1, 0.15) is 40.5 Å². The van der Waals surface area contributed by atoms with E-state index in [0.29, 0.717) is 6.04 Å². The average Bonchev–Trinajstić information content (AvgIpc) is 2.14. The van der Waals surface area contributed by atoms with E-state index < -0.39 is 0 Å². The van der Waals surface area contributed by atoms with Crippen molar-refractivity contribution in [2.45, 2.75) is 52.6 Å². The van der Waals surface area contributed by atoms with Gasteiger partial charge in [-0.05, 0) is 45.7 Å². The quantitative estimate of drug-likeness (QED) is 0.744. The highest BCUT2D eigenvalue weighted by Crippen LogP contribution is 2.16. The summed E-state index contributed by atoms with van der Waals surface area (Å²) >= 11 is 0. The van der Waals surface area contributed by atoms with Crippen molar-refractivity contribution in [2.75, 3.05) is 19.6 Å². The molecule has 1 rings (SSSR count). The lowest BCUT2D eigenvalue weighted by Gasteiger charge is -2.34. The molecule has 1 aliphatic heterocycles. The highest BCUT2D eigenvalue weighted by molar-refractivity contribution is 4.79. The summed E-state index contributed by atoms with van der Waals surface area (Å²) in [5.74, 6) is 0.909. The fourth-order valence-corrected chi connectivity index (χ4v) is 2.35. The monoisotopic (exact) mass is 198 g/mol. The summed E-state index contributed by atoms with van der Waals surface area (Å²) in [6.07, 6.45) is 2.70. The van der Waals surface area contributed by atoms with Crippen molar-refractivity contribution in [1.82, 2.24) is 10.2 Å². The molecule has 0 amide bonds. The van der Waals surface area contributed by atoms with Gasteiger partial charge in [0.05, 0.1) is 0 Å². The second kappa shape index (κ2) is 5.72. The molecule has 0 aromatic rings. The van der Waals surface area contributed by atoms with E-state index in [9.17, 15) is 0 Å². The Morgan fingerprint density at radius 3 is 2.64 bits per heavy atom. The maximum Gasteiger partial charge on any atom is 0.0197 e. The summed E-state index contributed by atoms with van der Waals surface area (Å²) < 4.78 is 0. The molecular formula is C12H26N2. The van der Waals surface area contributed by atoms with Crippen LogP contribution < -0.4 is 5.32 Å². The summed E-state index contributed by atoms with van der Waals surface area (Å²) in [4.78, 5) is 2.55. The van der Waals surface area contributed by atoms with Gasteiger partial charge in [0.1, 0.15) is 0 Å². The molecule has 2 nitrogen and oxygen atoms in total. The largest absolute Gasteiger partial charge is 0.313 e. The second-order valence-electron chi connectivity index (χ2n) is 4.96. The molecule has 0 aliphatic carbocycles. The standard InChI is InChI=1S/C12H26N2/c1-5-14(10(2)3)9-12-8-11(4)6-7-13-12/h10-13H,5-9H2,1-4H3. The minimum atomic E-state index is 0.680. The third-order valence-corrected chi connectivity index (χ3v) is 3.35. The Balaban J connectivity index is 2.33. The predicted molar refractivity (Wildman–Crippen MR) is 62.6 cm³/mol. The first-order valence-electron chi connectivity index (χ1n) is 6.11.